The van der Waals surface area contributed by atoms with Gasteiger partial charge in [0.1, 0.15) is 5.75 Å². The van der Waals surface area contributed by atoms with E-state index in [1.807, 2.05) is 29.2 Å². The number of carbonyl (C=O) groups is 2. The third-order valence-corrected chi connectivity index (χ3v) is 4.99. The number of para-hydroxylation sites is 2. The lowest BCUT2D eigenvalue weighted by atomic mass is 10.0. The van der Waals surface area contributed by atoms with Crippen molar-refractivity contribution in [2.24, 2.45) is 5.92 Å². The van der Waals surface area contributed by atoms with Crippen LogP contribution in [0.1, 0.15) is 39.5 Å². The Balaban J connectivity index is 1.65. The van der Waals surface area contributed by atoms with E-state index in [2.05, 4.69) is 6.92 Å². The Bertz CT molecular complexity index is 616. The Morgan fingerprint density at radius 2 is 2.00 bits per heavy atom. The molecule has 2 amide bonds. The van der Waals surface area contributed by atoms with E-state index in [9.17, 15) is 9.59 Å². The molecule has 3 rings (SSSR count). The van der Waals surface area contributed by atoms with Gasteiger partial charge in [0.25, 0.3) is 5.91 Å². The number of rotatable bonds is 3. The maximum atomic E-state index is 12.6. The van der Waals surface area contributed by atoms with Gasteiger partial charge in [-0.1, -0.05) is 19.1 Å². The van der Waals surface area contributed by atoms with Crippen molar-refractivity contribution in [1.82, 2.24) is 4.90 Å². The maximum Gasteiger partial charge on any atom is 0.267 e. The van der Waals surface area contributed by atoms with Crippen LogP contribution in [0, 0.1) is 5.92 Å². The summed E-state index contributed by atoms with van der Waals surface area (Å²) in [4.78, 5) is 28.7. The molecular weight excluding hydrogens is 304 g/mol. The first-order chi connectivity index (χ1) is 11.6. The number of anilines is 1. The van der Waals surface area contributed by atoms with Crippen molar-refractivity contribution in [2.75, 3.05) is 24.5 Å². The van der Waals surface area contributed by atoms with E-state index >= 15 is 0 Å². The second-order valence-electron chi connectivity index (χ2n) is 6.88. The van der Waals surface area contributed by atoms with E-state index in [0.29, 0.717) is 24.6 Å². The van der Waals surface area contributed by atoms with Crippen LogP contribution in [0.5, 0.6) is 5.75 Å². The van der Waals surface area contributed by atoms with Gasteiger partial charge in [0.15, 0.2) is 6.10 Å². The van der Waals surface area contributed by atoms with Gasteiger partial charge >= 0.3 is 0 Å². The molecule has 2 atom stereocenters. The SMILES string of the molecule is C[C@@H]1CCCN(C(=O)CCN2C(=O)[C@@H](C)Oc3ccccc32)CC1. The second-order valence-corrected chi connectivity index (χ2v) is 6.88. The number of hydrogen-bond acceptors (Lipinski definition) is 3. The first-order valence-electron chi connectivity index (χ1n) is 8.91. The molecule has 0 spiro atoms. The minimum Gasteiger partial charge on any atom is -0.479 e. The molecule has 0 saturated carbocycles. The summed E-state index contributed by atoms with van der Waals surface area (Å²) in [5, 5.41) is 0. The third kappa shape index (κ3) is 3.55. The molecule has 0 unspecified atom stereocenters. The fraction of sp³-hybridized carbons (Fsp3) is 0.579. The molecule has 1 aromatic rings. The van der Waals surface area contributed by atoms with Crippen molar-refractivity contribution in [3.05, 3.63) is 24.3 Å². The van der Waals surface area contributed by atoms with E-state index < -0.39 is 6.10 Å². The molecule has 2 aliphatic heterocycles. The zero-order valence-electron chi connectivity index (χ0n) is 14.5. The van der Waals surface area contributed by atoms with Crippen LogP contribution in [-0.4, -0.2) is 42.5 Å². The van der Waals surface area contributed by atoms with Crippen molar-refractivity contribution >= 4 is 17.5 Å². The first kappa shape index (κ1) is 16.8. The molecule has 1 aromatic carbocycles. The molecule has 1 fully saturated rings. The van der Waals surface area contributed by atoms with Gasteiger partial charge in [-0.3, -0.25) is 9.59 Å². The van der Waals surface area contributed by atoms with E-state index in [-0.39, 0.29) is 11.8 Å². The van der Waals surface area contributed by atoms with Gasteiger partial charge in [0.2, 0.25) is 5.91 Å². The van der Waals surface area contributed by atoms with Crippen molar-refractivity contribution in [3.8, 4) is 5.75 Å². The summed E-state index contributed by atoms with van der Waals surface area (Å²) >= 11 is 0. The predicted molar refractivity (Wildman–Crippen MR) is 93.1 cm³/mol. The lowest BCUT2D eigenvalue weighted by Crippen LogP contribution is -2.46. The molecule has 2 heterocycles. The highest BCUT2D eigenvalue weighted by atomic mass is 16.5. The summed E-state index contributed by atoms with van der Waals surface area (Å²) in [6, 6.07) is 7.51. The lowest BCUT2D eigenvalue weighted by Gasteiger charge is -2.33. The summed E-state index contributed by atoms with van der Waals surface area (Å²) in [6.07, 6.45) is 3.19. The Labute approximate surface area is 143 Å². The zero-order chi connectivity index (χ0) is 17.1. The summed E-state index contributed by atoms with van der Waals surface area (Å²) in [7, 11) is 0. The number of fused-ring (bicyclic) bond motifs is 1. The lowest BCUT2D eigenvalue weighted by molar-refractivity contribution is -0.131. The standard InChI is InChI=1S/C19H26N2O3/c1-14-6-5-11-20(12-9-14)18(22)10-13-21-16-7-3-4-8-17(16)24-15(2)19(21)23/h3-4,7-8,14-15H,5-6,9-13H2,1-2H3/t14-,15-/m1/s1. The number of carbonyl (C=O) groups excluding carboxylic acids is 2. The van der Waals surface area contributed by atoms with Crippen molar-refractivity contribution in [2.45, 2.75) is 45.6 Å². The van der Waals surface area contributed by atoms with Gasteiger partial charge in [0.05, 0.1) is 5.69 Å². The van der Waals surface area contributed by atoms with Crippen LogP contribution in [0.4, 0.5) is 5.69 Å². The van der Waals surface area contributed by atoms with Gasteiger partial charge in [-0.2, -0.15) is 0 Å². The van der Waals surface area contributed by atoms with Gasteiger partial charge in [-0.15, -0.1) is 0 Å². The Hall–Kier alpha value is -2.04. The van der Waals surface area contributed by atoms with E-state index in [1.165, 1.54) is 6.42 Å². The quantitative estimate of drug-likeness (QED) is 0.856. The first-order valence-corrected chi connectivity index (χ1v) is 8.91. The molecule has 0 aliphatic carbocycles. The molecule has 0 radical (unpaired) electrons. The molecule has 1 saturated heterocycles. The van der Waals surface area contributed by atoms with E-state index in [4.69, 9.17) is 4.74 Å². The molecule has 0 aromatic heterocycles. The van der Waals surface area contributed by atoms with E-state index in [1.54, 1.807) is 11.8 Å². The minimum atomic E-state index is -0.506. The average Bonchev–Trinajstić information content (AvgIpc) is 2.80. The van der Waals surface area contributed by atoms with Gasteiger partial charge < -0.3 is 14.5 Å². The normalized spacial score (nSPS) is 24.2. The highest BCUT2D eigenvalue weighted by molar-refractivity contribution is 6.00. The fourth-order valence-electron chi connectivity index (χ4n) is 3.47. The van der Waals surface area contributed by atoms with Crippen molar-refractivity contribution in [1.29, 1.82) is 0 Å². The van der Waals surface area contributed by atoms with Crippen LogP contribution in [0.3, 0.4) is 0 Å². The zero-order valence-corrected chi connectivity index (χ0v) is 14.5. The van der Waals surface area contributed by atoms with E-state index in [0.717, 1.165) is 31.6 Å². The van der Waals surface area contributed by atoms with Crippen LogP contribution < -0.4 is 9.64 Å². The van der Waals surface area contributed by atoms with Crippen molar-refractivity contribution in [3.63, 3.8) is 0 Å². The number of benzene rings is 1. The molecule has 2 aliphatic rings. The number of nitrogens with zero attached hydrogens (tertiary/aromatic N) is 2. The number of hydrogen-bond donors (Lipinski definition) is 0. The Morgan fingerprint density at radius 1 is 1.21 bits per heavy atom. The minimum absolute atomic E-state index is 0.0778. The van der Waals surface area contributed by atoms with Crippen LogP contribution >= 0.6 is 0 Å². The Morgan fingerprint density at radius 3 is 2.83 bits per heavy atom. The summed E-state index contributed by atoms with van der Waals surface area (Å²) in [5.74, 6) is 1.47. The van der Waals surface area contributed by atoms with Crippen molar-refractivity contribution < 1.29 is 14.3 Å². The highest BCUT2D eigenvalue weighted by Gasteiger charge is 2.31. The molecule has 5 nitrogen and oxygen atoms in total. The molecule has 24 heavy (non-hydrogen) atoms. The number of ether oxygens (including phenoxy) is 1. The fourth-order valence-corrected chi connectivity index (χ4v) is 3.47. The van der Waals surface area contributed by atoms with Crippen LogP contribution in [-0.2, 0) is 9.59 Å². The van der Waals surface area contributed by atoms with Gasteiger partial charge in [-0.25, -0.2) is 0 Å². The molecular formula is C19H26N2O3. The molecule has 0 N–H and O–H groups in total. The predicted octanol–water partition coefficient (Wildman–Crippen LogP) is 2.84. The van der Waals surface area contributed by atoms with Crippen LogP contribution in [0.15, 0.2) is 24.3 Å². The molecule has 5 heteroatoms. The summed E-state index contributed by atoms with van der Waals surface area (Å²) in [5.41, 5.74) is 0.762. The topological polar surface area (TPSA) is 49.9 Å². The number of amides is 2. The van der Waals surface area contributed by atoms with Gasteiger partial charge in [0, 0.05) is 26.1 Å². The summed E-state index contributed by atoms with van der Waals surface area (Å²) < 4.78 is 5.64. The monoisotopic (exact) mass is 330 g/mol. The van der Waals surface area contributed by atoms with Gasteiger partial charge in [-0.05, 0) is 44.2 Å². The maximum absolute atomic E-state index is 12.6. The third-order valence-electron chi connectivity index (χ3n) is 4.99. The second kappa shape index (κ2) is 7.24. The summed E-state index contributed by atoms with van der Waals surface area (Å²) in [6.45, 7) is 6.09. The average molecular weight is 330 g/mol. The molecule has 0 bridgehead atoms. The van der Waals surface area contributed by atoms with Crippen LogP contribution in [0.25, 0.3) is 0 Å². The number of likely N-dealkylation sites (tertiary alicyclic amines) is 1. The largest absolute Gasteiger partial charge is 0.479 e. The highest BCUT2D eigenvalue weighted by Crippen LogP contribution is 2.33. The smallest absolute Gasteiger partial charge is 0.267 e. The van der Waals surface area contributed by atoms with Crippen LogP contribution in [0.2, 0.25) is 0 Å². The molecule has 130 valence electrons. The Kier molecular flexibility index (Phi) is 5.07.